The highest BCUT2D eigenvalue weighted by Gasteiger charge is 2.19. The number of ether oxygens (including phenoxy) is 2. The number of hydrogen-bond acceptors (Lipinski definition) is 5. The molecule has 22 heavy (non-hydrogen) atoms. The Kier molecular flexibility index (Phi) is 4.24. The van der Waals surface area contributed by atoms with E-state index in [4.69, 9.17) is 4.74 Å². The van der Waals surface area contributed by atoms with E-state index in [9.17, 15) is 9.59 Å². The Morgan fingerprint density at radius 3 is 2.68 bits per heavy atom. The summed E-state index contributed by atoms with van der Waals surface area (Å²) in [6, 6.07) is 8.38. The molecule has 0 fully saturated rings. The lowest BCUT2D eigenvalue weighted by Gasteiger charge is -2.08. The van der Waals surface area contributed by atoms with Crippen molar-refractivity contribution >= 4 is 23.3 Å². The Balaban J connectivity index is 1.76. The van der Waals surface area contributed by atoms with Gasteiger partial charge in [0.2, 0.25) is 0 Å². The maximum Gasteiger partial charge on any atom is 0.353 e. The predicted octanol–water partition coefficient (Wildman–Crippen LogP) is 3.63. The topological polar surface area (TPSA) is 52.6 Å². The molecule has 114 valence electrons. The fourth-order valence-electron chi connectivity index (χ4n) is 2.55. The Morgan fingerprint density at radius 2 is 1.91 bits per heavy atom. The molecule has 0 bridgehead atoms. The van der Waals surface area contributed by atoms with Crippen molar-refractivity contribution in [1.29, 1.82) is 0 Å². The molecule has 0 N–H and O–H groups in total. The first-order valence-corrected chi connectivity index (χ1v) is 8.01. The van der Waals surface area contributed by atoms with Crippen LogP contribution in [0.1, 0.15) is 43.3 Å². The maximum absolute atomic E-state index is 12.3. The van der Waals surface area contributed by atoms with Gasteiger partial charge in [0.25, 0.3) is 0 Å². The van der Waals surface area contributed by atoms with Crippen molar-refractivity contribution in [2.24, 2.45) is 0 Å². The number of carbonyl (C=O) groups excluding carboxylic acids is 2. The van der Waals surface area contributed by atoms with Crippen molar-refractivity contribution in [3.63, 3.8) is 0 Å². The van der Waals surface area contributed by atoms with E-state index >= 15 is 0 Å². The Labute approximate surface area is 132 Å². The highest BCUT2D eigenvalue weighted by molar-refractivity contribution is 7.14. The highest BCUT2D eigenvalue weighted by Crippen LogP contribution is 2.30. The molecule has 0 radical (unpaired) electrons. The van der Waals surface area contributed by atoms with Gasteiger partial charge in [-0.05, 0) is 55.5 Å². The Bertz CT molecular complexity index is 694. The molecule has 2 aromatic rings. The molecule has 1 aliphatic carbocycles. The van der Waals surface area contributed by atoms with E-state index < -0.39 is 5.97 Å². The molecule has 3 rings (SSSR count). The Morgan fingerprint density at radius 1 is 1.09 bits per heavy atom. The first-order chi connectivity index (χ1) is 10.7. The summed E-state index contributed by atoms with van der Waals surface area (Å²) in [6.45, 7) is 0. The summed E-state index contributed by atoms with van der Waals surface area (Å²) in [4.78, 5) is 25.7. The molecular weight excluding hydrogens is 300 g/mol. The normalized spacial score (nSPS) is 13.3. The van der Waals surface area contributed by atoms with Crippen LogP contribution in [0.15, 0.2) is 30.3 Å². The molecule has 1 aromatic heterocycles. The maximum atomic E-state index is 12.3. The van der Waals surface area contributed by atoms with Crippen molar-refractivity contribution in [3.05, 3.63) is 51.2 Å². The zero-order chi connectivity index (χ0) is 15.5. The fourth-order valence-corrected chi connectivity index (χ4v) is 3.68. The van der Waals surface area contributed by atoms with Gasteiger partial charge in [-0.1, -0.05) is 6.07 Å². The number of benzene rings is 1. The minimum Gasteiger partial charge on any atom is -0.465 e. The highest BCUT2D eigenvalue weighted by atomic mass is 32.1. The smallest absolute Gasteiger partial charge is 0.353 e. The van der Waals surface area contributed by atoms with Gasteiger partial charge in [0.1, 0.15) is 10.6 Å². The van der Waals surface area contributed by atoms with Gasteiger partial charge in [-0.2, -0.15) is 0 Å². The molecule has 0 aliphatic heterocycles. The molecule has 0 spiro atoms. The average molecular weight is 316 g/mol. The monoisotopic (exact) mass is 316 g/mol. The van der Waals surface area contributed by atoms with Gasteiger partial charge in [0.15, 0.2) is 0 Å². The van der Waals surface area contributed by atoms with Crippen LogP contribution in [0.5, 0.6) is 5.75 Å². The third kappa shape index (κ3) is 3.04. The lowest BCUT2D eigenvalue weighted by molar-refractivity contribution is 0.0597. The summed E-state index contributed by atoms with van der Waals surface area (Å²) in [7, 11) is 1.32. The summed E-state index contributed by atoms with van der Waals surface area (Å²) >= 11 is 1.51. The fraction of sp³-hybridized carbons (Fsp3) is 0.294. The lowest BCUT2D eigenvalue weighted by Crippen LogP contribution is -2.07. The van der Waals surface area contributed by atoms with Crippen LogP contribution in [0.25, 0.3) is 0 Å². The zero-order valence-corrected chi connectivity index (χ0v) is 13.1. The lowest BCUT2D eigenvalue weighted by atomic mass is 9.99. The largest absolute Gasteiger partial charge is 0.465 e. The summed E-state index contributed by atoms with van der Waals surface area (Å²) in [5, 5.41) is 0. The number of fused-ring (bicyclic) bond motifs is 1. The molecule has 0 atom stereocenters. The van der Waals surface area contributed by atoms with Crippen molar-refractivity contribution in [1.82, 2.24) is 0 Å². The molecule has 0 saturated heterocycles. The second-order valence-corrected chi connectivity index (χ2v) is 6.31. The van der Waals surface area contributed by atoms with Crippen LogP contribution in [0.2, 0.25) is 0 Å². The van der Waals surface area contributed by atoms with E-state index in [0.29, 0.717) is 16.2 Å². The van der Waals surface area contributed by atoms with Crippen LogP contribution >= 0.6 is 11.3 Å². The van der Waals surface area contributed by atoms with Crippen LogP contribution in [0, 0.1) is 0 Å². The van der Waals surface area contributed by atoms with Crippen LogP contribution < -0.4 is 4.74 Å². The second-order valence-electron chi connectivity index (χ2n) is 5.18. The van der Waals surface area contributed by atoms with E-state index in [1.165, 1.54) is 47.8 Å². The third-order valence-corrected chi connectivity index (χ3v) is 4.88. The van der Waals surface area contributed by atoms with E-state index in [0.717, 1.165) is 12.8 Å². The van der Waals surface area contributed by atoms with Crippen LogP contribution in [-0.4, -0.2) is 19.0 Å². The molecule has 1 aliphatic rings. The van der Waals surface area contributed by atoms with Crippen molar-refractivity contribution < 1.29 is 19.1 Å². The molecule has 0 unspecified atom stereocenters. The number of carbonyl (C=O) groups is 2. The first kappa shape index (κ1) is 14.8. The number of hydrogen-bond donors (Lipinski definition) is 0. The van der Waals surface area contributed by atoms with E-state index in [1.54, 1.807) is 18.2 Å². The van der Waals surface area contributed by atoms with Gasteiger partial charge in [-0.25, -0.2) is 9.59 Å². The molecule has 1 aromatic carbocycles. The molecule has 0 amide bonds. The Hall–Kier alpha value is -2.14. The van der Waals surface area contributed by atoms with Gasteiger partial charge >= 0.3 is 11.9 Å². The zero-order valence-electron chi connectivity index (χ0n) is 12.3. The number of thiophene rings is 1. The predicted molar refractivity (Wildman–Crippen MR) is 83.7 cm³/mol. The van der Waals surface area contributed by atoms with E-state index in [2.05, 4.69) is 4.74 Å². The van der Waals surface area contributed by atoms with Crippen LogP contribution in [0.4, 0.5) is 0 Å². The van der Waals surface area contributed by atoms with Crippen molar-refractivity contribution in [3.8, 4) is 5.75 Å². The van der Waals surface area contributed by atoms with E-state index in [-0.39, 0.29) is 5.97 Å². The number of rotatable bonds is 3. The number of methoxy groups -OCH3 is 1. The second kappa shape index (κ2) is 6.32. The van der Waals surface area contributed by atoms with Gasteiger partial charge in [0, 0.05) is 4.88 Å². The van der Waals surface area contributed by atoms with Gasteiger partial charge in [-0.3, -0.25) is 0 Å². The molecule has 1 heterocycles. The first-order valence-electron chi connectivity index (χ1n) is 7.19. The number of esters is 2. The average Bonchev–Trinajstić information content (AvgIpc) is 2.98. The minimum atomic E-state index is -0.454. The van der Waals surface area contributed by atoms with E-state index in [1.807, 2.05) is 6.07 Å². The minimum absolute atomic E-state index is 0.347. The summed E-state index contributed by atoms with van der Waals surface area (Å²) < 4.78 is 10.0. The van der Waals surface area contributed by atoms with Crippen LogP contribution in [-0.2, 0) is 17.6 Å². The van der Waals surface area contributed by atoms with Crippen molar-refractivity contribution in [2.45, 2.75) is 25.7 Å². The SMILES string of the molecule is COC(=O)c1cccc(OC(=O)c2cc3c(s2)CCCC3)c1. The van der Waals surface area contributed by atoms with Crippen LogP contribution in [0.3, 0.4) is 0 Å². The van der Waals surface area contributed by atoms with Gasteiger partial charge in [-0.15, -0.1) is 11.3 Å². The molecule has 5 heteroatoms. The third-order valence-electron chi connectivity index (χ3n) is 3.66. The molecule has 4 nitrogen and oxygen atoms in total. The quantitative estimate of drug-likeness (QED) is 0.641. The summed E-state index contributed by atoms with van der Waals surface area (Å²) in [5.41, 5.74) is 1.63. The molecular formula is C17H16O4S. The standard InChI is InChI=1S/C17H16O4S/c1-20-16(18)12-6-4-7-13(9-12)21-17(19)15-10-11-5-2-3-8-14(11)22-15/h4,6-7,9-10H,2-3,5,8H2,1H3. The number of aryl methyl sites for hydroxylation is 2. The summed E-state index contributed by atoms with van der Waals surface area (Å²) in [6.07, 6.45) is 4.45. The van der Waals surface area contributed by atoms with Gasteiger partial charge in [0.05, 0.1) is 12.7 Å². The molecule has 0 saturated carbocycles. The summed E-state index contributed by atoms with van der Waals surface area (Å²) in [5.74, 6) is -0.481. The van der Waals surface area contributed by atoms with Gasteiger partial charge < -0.3 is 9.47 Å². The van der Waals surface area contributed by atoms with Crippen molar-refractivity contribution in [2.75, 3.05) is 7.11 Å².